The summed E-state index contributed by atoms with van der Waals surface area (Å²) in [6, 6.07) is 17.9. The fourth-order valence-corrected chi connectivity index (χ4v) is 5.87. The van der Waals surface area contributed by atoms with E-state index in [4.69, 9.17) is 14.2 Å². The van der Waals surface area contributed by atoms with Gasteiger partial charge in [-0.05, 0) is 74.4 Å². The van der Waals surface area contributed by atoms with Crippen molar-refractivity contribution in [2.45, 2.75) is 53.1 Å². The number of carbonyl (C=O) groups is 3. The first-order valence-corrected chi connectivity index (χ1v) is 16.8. The van der Waals surface area contributed by atoms with Crippen molar-refractivity contribution in [2.24, 2.45) is 0 Å². The summed E-state index contributed by atoms with van der Waals surface area (Å²) in [7, 11) is 3.11. The average Bonchev–Trinajstić information content (AvgIpc) is 3.52. The van der Waals surface area contributed by atoms with Gasteiger partial charge in [-0.25, -0.2) is 4.68 Å². The Labute approximate surface area is 292 Å². The zero-order valence-corrected chi connectivity index (χ0v) is 29.5. The molecule has 0 saturated carbocycles. The molecule has 3 amide bonds. The van der Waals surface area contributed by atoms with Crippen LogP contribution in [0.3, 0.4) is 0 Å². The van der Waals surface area contributed by atoms with Gasteiger partial charge in [-0.1, -0.05) is 25.5 Å². The highest BCUT2D eigenvalue weighted by Crippen LogP contribution is 2.31. The Kier molecular flexibility index (Phi) is 11.6. The molecule has 0 radical (unpaired) electrons. The Morgan fingerprint density at radius 2 is 1.58 bits per heavy atom. The molecule has 2 N–H and O–H groups in total. The lowest BCUT2D eigenvalue weighted by molar-refractivity contribution is -0.129. The van der Waals surface area contributed by atoms with E-state index in [0.29, 0.717) is 58.7 Å². The van der Waals surface area contributed by atoms with Crippen LogP contribution in [0.4, 0.5) is 17.1 Å². The number of aromatic nitrogens is 3. The van der Waals surface area contributed by atoms with Gasteiger partial charge < -0.3 is 34.6 Å². The number of carbonyl (C=O) groups excluding carboxylic acids is 3. The summed E-state index contributed by atoms with van der Waals surface area (Å²) < 4.78 is 18.7. The number of benzene rings is 3. The number of anilines is 3. The molecule has 4 aromatic rings. The number of nitrogens with zero attached hydrogens (tertiary/aromatic N) is 5. The molecule has 5 rings (SSSR count). The van der Waals surface area contributed by atoms with Gasteiger partial charge in [0.2, 0.25) is 5.91 Å². The van der Waals surface area contributed by atoms with Gasteiger partial charge in [-0.3, -0.25) is 14.4 Å². The van der Waals surface area contributed by atoms with Gasteiger partial charge in [-0.15, -0.1) is 5.10 Å². The smallest absolute Gasteiger partial charge is 0.278 e. The molecule has 0 aliphatic carbocycles. The SMILES string of the molecule is CCCC(CC)Oc1ccc(C(=O)Nc2ccc(N3CCN(C(C)=O)CC3)cc2)cc1NC(=O)c1nnn(-c2cc(OC)ccc2OC)c1C. The van der Waals surface area contributed by atoms with E-state index in [2.05, 4.69) is 32.8 Å². The first kappa shape index (κ1) is 35.7. The number of amides is 3. The lowest BCUT2D eigenvalue weighted by atomic mass is 10.1. The molecule has 1 unspecified atom stereocenters. The van der Waals surface area contributed by atoms with E-state index in [0.717, 1.165) is 38.0 Å². The van der Waals surface area contributed by atoms with Crippen LogP contribution < -0.4 is 29.7 Å². The number of nitrogens with one attached hydrogen (secondary N) is 2. The van der Waals surface area contributed by atoms with Crippen LogP contribution in [0.1, 0.15) is 66.6 Å². The lowest BCUT2D eigenvalue weighted by Crippen LogP contribution is -2.48. The molecule has 1 atom stereocenters. The summed E-state index contributed by atoms with van der Waals surface area (Å²) >= 11 is 0. The summed E-state index contributed by atoms with van der Waals surface area (Å²) in [5.74, 6) is 0.803. The Bertz CT molecular complexity index is 1820. The molecule has 3 aromatic carbocycles. The van der Waals surface area contributed by atoms with E-state index in [-0.39, 0.29) is 23.6 Å². The van der Waals surface area contributed by atoms with Gasteiger partial charge in [0.1, 0.15) is 22.9 Å². The van der Waals surface area contributed by atoms with E-state index >= 15 is 0 Å². The summed E-state index contributed by atoms with van der Waals surface area (Å²) in [6.07, 6.45) is 2.48. The summed E-state index contributed by atoms with van der Waals surface area (Å²) in [5.41, 5.74) is 3.46. The highest BCUT2D eigenvalue weighted by molar-refractivity contribution is 6.08. The quantitative estimate of drug-likeness (QED) is 0.181. The van der Waals surface area contributed by atoms with Crippen molar-refractivity contribution in [2.75, 3.05) is 55.9 Å². The van der Waals surface area contributed by atoms with Crippen molar-refractivity contribution < 1.29 is 28.6 Å². The summed E-state index contributed by atoms with van der Waals surface area (Å²) in [4.78, 5) is 42.9. The van der Waals surface area contributed by atoms with Crippen LogP contribution in [-0.2, 0) is 4.79 Å². The number of ether oxygens (including phenoxy) is 3. The van der Waals surface area contributed by atoms with Crippen molar-refractivity contribution in [1.82, 2.24) is 19.9 Å². The van der Waals surface area contributed by atoms with Crippen LogP contribution in [0, 0.1) is 6.92 Å². The molecule has 1 fully saturated rings. The highest BCUT2D eigenvalue weighted by Gasteiger charge is 2.23. The van der Waals surface area contributed by atoms with Crippen molar-refractivity contribution >= 4 is 34.8 Å². The fraction of sp³-hybridized carbons (Fsp3) is 0.378. The van der Waals surface area contributed by atoms with E-state index in [1.54, 1.807) is 64.5 Å². The van der Waals surface area contributed by atoms with Crippen LogP contribution in [0.25, 0.3) is 5.69 Å². The minimum atomic E-state index is -0.513. The topological polar surface area (TPSA) is 140 Å². The molecule has 2 heterocycles. The van der Waals surface area contributed by atoms with Gasteiger partial charge in [0.25, 0.3) is 11.8 Å². The van der Waals surface area contributed by atoms with Crippen molar-refractivity contribution in [3.8, 4) is 22.9 Å². The van der Waals surface area contributed by atoms with Gasteiger partial charge in [0, 0.05) is 56.1 Å². The molecule has 1 aliphatic heterocycles. The maximum Gasteiger partial charge on any atom is 0.278 e. The summed E-state index contributed by atoms with van der Waals surface area (Å²) in [5, 5.41) is 14.3. The Morgan fingerprint density at radius 1 is 0.860 bits per heavy atom. The highest BCUT2D eigenvalue weighted by atomic mass is 16.5. The third-order valence-corrected chi connectivity index (χ3v) is 8.79. The molecule has 1 aromatic heterocycles. The number of methoxy groups -OCH3 is 2. The molecule has 1 saturated heterocycles. The Balaban J connectivity index is 1.36. The molecular formula is C37H45N7O6. The molecule has 264 valence electrons. The third-order valence-electron chi connectivity index (χ3n) is 8.79. The van der Waals surface area contributed by atoms with Gasteiger partial charge in [0.05, 0.1) is 31.7 Å². The Hall–Kier alpha value is -5.59. The molecule has 50 heavy (non-hydrogen) atoms. The first-order valence-electron chi connectivity index (χ1n) is 16.8. The third kappa shape index (κ3) is 8.16. The zero-order valence-electron chi connectivity index (χ0n) is 29.5. The van der Waals surface area contributed by atoms with Crippen LogP contribution in [0.15, 0.2) is 60.7 Å². The molecule has 1 aliphatic rings. The average molecular weight is 684 g/mol. The van der Waals surface area contributed by atoms with Gasteiger partial charge >= 0.3 is 0 Å². The van der Waals surface area contributed by atoms with Crippen LogP contribution in [0.5, 0.6) is 17.2 Å². The van der Waals surface area contributed by atoms with Gasteiger partial charge in [-0.2, -0.15) is 0 Å². The van der Waals surface area contributed by atoms with Crippen molar-refractivity contribution in [1.29, 1.82) is 0 Å². The van der Waals surface area contributed by atoms with Crippen LogP contribution in [-0.4, -0.2) is 84.1 Å². The van der Waals surface area contributed by atoms with E-state index < -0.39 is 5.91 Å². The standard InChI is InChI=1S/C37H45N7O6/c1-7-9-29(8-2)50-33-16-10-26(36(46)38-27-11-13-28(14-12-27)43-20-18-42(19-21-43)25(4)45)22-31(33)39-37(47)35-24(3)44(41-40-35)32-23-30(48-5)15-17-34(32)49-6/h10-17,22-23,29H,7-9,18-21H2,1-6H3,(H,38,46)(H,39,47). The van der Waals surface area contributed by atoms with Crippen LogP contribution in [0.2, 0.25) is 0 Å². The molecule has 0 spiro atoms. The largest absolute Gasteiger partial charge is 0.497 e. The number of hydrogen-bond acceptors (Lipinski definition) is 9. The Morgan fingerprint density at radius 3 is 2.22 bits per heavy atom. The maximum atomic E-state index is 13.7. The second-order valence-corrected chi connectivity index (χ2v) is 12.1. The van der Waals surface area contributed by atoms with Gasteiger partial charge in [0.15, 0.2) is 5.69 Å². The number of hydrogen-bond donors (Lipinski definition) is 2. The second-order valence-electron chi connectivity index (χ2n) is 12.1. The molecule has 0 bridgehead atoms. The minimum Gasteiger partial charge on any atom is -0.497 e. The number of piperazine rings is 1. The van der Waals surface area contributed by atoms with Crippen molar-refractivity contribution in [3.63, 3.8) is 0 Å². The van der Waals surface area contributed by atoms with E-state index in [9.17, 15) is 14.4 Å². The normalized spacial score (nSPS) is 13.4. The van der Waals surface area contributed by atoms with E-state index in [1.807, 2.05) is 36.1 Å². The predicted molar refractivity (Wildman–Crippen MR) is 192 cm³/mol. The van der Waals surface area contributed by atoms with Crippen molar-refractivity contribution in [3.05, 3.63) is 77.6 Å². The monoisotopic (exact) mass is 683 g/mol. The zero-order chi connectivity index (χ0) is 35.8. The second kappa shape index (κ2) is 16.2. The lowest BCUT2D eigenvalue weighted by Gasteiger charge is -2.35. The summed E-state index contributed by atoms with van der Waals surface area (Å²) in [6.45, 7) is 10.3. The molecule has 13 heteroatoms. The van der Waals surface area contributed by atoms with Crippen LogP contribution >= 0.6 is 0 Å². The number of rotatable bonds is 13. The molecular weight excluding hydrogens is 638 g/mol. The first-order chi connectivity index (χ1) is 24.1. The predicted octanol–water partition coefficient (Wildman–Crippen LogP) is 5.72. The van der Waals surface area contributed by atoms with E-state index in [1.165, 1.54) is 4.68 Å². The maximum absolute atomic E-state index is 13.7. The fourth-order valence-electron chi connectivity index (χ4n) is 5.87. The minimum absolute atomic E-state index is 0.0672. The molecule has 13 nitrogen and oxygen atoms in total.